The molecule has 21 heavy (non-hydrogen) atoms. The molecule has 0 spiro atoms. The van der Waals surface area contributed by atoms with Crippen LogP contribution >= 0.6 is 11.3 Å². The van der Waals surface area contributed by atoms with Crippen LogP contribution in [0, 0.1) is 11.8 Å². The lowest BCUT2D eigenvalue weighted by Gasteiger charge is -2.02. The van der Waals surface area contributed by atoms with Crippen LogP contribution in [0.15, 0.2) is 59.8 Å². The normalized spacial score (nSPS) is 10.3. The highest BCUT2D eigenvalue weighted by molar-refractivity contribution is 7.19. The van der Waals surface area contributed by atoms with Gasteiger partial charge >= 0.3 is 0 Å². The quantitative estimate of drug-likeness (QED) is 0.668. The summed E-state index contributed by atoms with van der Waals surface area (Å²) in [6, 6.07) is 17.6. The largest absolute Gasteiger partial charge is 0.331 e. The predicted octanol–water partition coefficient (Wildman–Crippen LogP) is 5.26. The zero-order chi connectivity index (χ0) is 14.7. The molecule has 2 aromatic carbocycles. The van der Waals surface area contributed by atoms with Gasteiger partial charge in [-0.2, -0.15) is 0 Å². The zero-order valence-electron chi connectivity index (χ0n) is 11.4. The molecular formula is C16H13N3OS. The molecule has 0 fully saturated rings. The number of hydrogen-bond acceptors (Lipinski definition) is 5. The van der Waals surface area contributed by atoms with Gasteiger partial charge < -0.3 is 5.32 Å². The summed E-state index contributed by atoms with van der Waals surface area (Å²) in [5.74, 6) is 0. The van der Waals surface area contributed by atoms with Crippen molar-refractivity contribution in [3.8, 4) is 11.3 Å². The number of anilines is 2. The van der Waals surface area contributed by atoms with Crippen LogP contribution in [0.1, 0.15) is 5.56 Å². The Hall–Kier alpha value is -2.53. The Morgan fingerprint density at radius 3 is 2.43 bits per heavy atom. The highest BCUT2D eigenvalue weighted by Gasteiger charge is 2.13. The Morgan fingerprint density at radius 1 is 1.05 bits per heavy atom. The van der Waals surface area contributed by atoms with E-state index in [-0.39, 0.29) is 0 Å². The van der Waals surface area contributed by atoms with Gasteiger partial charge in [0.25, 0.3) is 0 Å². The third-order valence-corrected chi connectivity index (χ3v) is 3.89. The molecule has 3 aromatic rings. The number of aryl methyl sites for hydroxylation is 1. The monoisotopic (exact) mass is 295 g/mol. The van der Waals surface area contributed by atoms with E-state index in [9.17, 15) is 4.91 Å². The number of aromatic nitrogens is 1. The van der Waals surface area contributed by atoms with Crippen LogP contribution in [0.2, 0.25) is 0 Å². The number of thiazole rings is 1. The second-order valence-corrected chi connectivity index (χ2v) is 5.60. The van der Waals surface area contributed by atoms with Crippen molar-refractivity contribution in [1.82, 2.24) is 4.98 Å². The number of nitrogens with one attached hydrogen (secondary N) is 1. The van der Waals surface area contributed by atoms with Gasteiger partial charge in [0.05, 0.1) is 0 Å². The van der Waals surface area contributed by atoms with Crippen molar-refractivity contribution in [3.63, 3.8) is 0 Å². The van der Waals surface area contributed by atoms with Gasteiger partial charge in [-0.05, 0) is 24.2 Å². The summed E-state index contributed by atoms with van der Waals surface area (Å²) < 4.78 is 0. The van der Waals surface area contributed by atoms with Crippen molar-refractivity contribution < 1.29 is 0 Å². The summed E-state index contributed by atoms with van der Waals surface area (Å²) in [5.41, 5.74) is 3.64. The molecule has 1 heterocycles. The second kappa shape index (κ2) is 5.85. The van der Waals surface area contributed by atoms with E-state index in [1.165, 1.54) is 16.9 Å². The minimum Gasteiger partial charge on any atom is -0.331 e. The summed E-state index contributed by atoms with van der Waals surface area (Å²) in [6.45, 7) is 2.04. The highest BCUT2D eigenvalue weighted by Crippen LogP contribution is 2.38. The van der Waals surface area contributed by atoms with Crippen LogP contribution in [-0.4, -0.2) is 4.98 Å². The molecule has 0 saturated heterocycles. The van der Waals surface area contributed by atoms with E-state index in [4.69, 9.17) is 0 Å². The Kier molecular flexibility index (Phi) is 3.75. The molecule has 0 saturated carbocycles. The number of hydrogen-bond donors (Lipinski definition) is 1. The van der Waals surface area contributed by atoms with Gasteiger partial charge in [0, 0.05) is 11.3 Å². The lowest BCUT2D eigenvalue weighted by Crippen LogP contribution is -1.89. The van der Waals surface area contributed by atoms with E-state index in [0.29, 0.717) is 15.8 Å². The fourth-order valence-electron chi connectivity index (χ4n) is 1.97. The highest BCUT2D eigenvalue weighted by atomic mass is 32.1. The van der Waals surface area contributed by atoms with Gasteiger partial charge in [-0.3, -0.25) is 0 Å². The van der Waals surface area contributed by atoms with Crippen LogP contribution in [0.4, 0.5) is 15.8 Å². The average molecular weight is 295 g/mol. The van der Waals surface area contributed by atoms with Crippen LogP contribution in [-0.2, 0) is 0 Å². The van der Waals surface area contributed by atoms with Gasteiger partial charge in [-0.25, -0.2) is 4.98 Å². The SMILES string of the molecule is Cc1ccc(Nc2nc(-c3ccccc3)c(N=O)s2)cc1. The summed E-state index contributed by atoms with van der Waals surface area (Å²) in [4.78, 5) is 15.5. The van der Waals surface area contributed by atoms with E-state index in [1.54, 1.807) is 0 Å². The Morgan fingerprint density at radius 2 is 1.76 bits per heavy atom. The van der Waals surface area contributed by atoms with Gasteiger partial charge in [-0.15, -0.1) is 4.91 Å². The molecular weight excluding hydrogens is 282 g/mol. The van der Waals surface area contributed by atoms with Crippen LogP contribution in [0.3, 0.4) is 0 Å². The summed E-state index contributed by atoms with van der Waals surface area (Å²) >= 11 is 1.25. The molecule has 4 nitrogen and oxygen atoms in total. The van der Waals surface area contributed by atoms with E-state index < -0.39 is 0 Å². The maximum atomic E-state index is 11.0. The standard InChI is InChI=1S/C16H13N3OS/c1-11-7-9-13(10-8-11)17-16-18-14(15(19-20)21-16)12-5-3-2-4-6-12/h2-10H,1H3,(H,17,18). The molecule has 0 bridgehead atoms. The molecule has 0 aliphatic rings. The fraction of sp³-hybridized carbons (Fsp3) is 0.0625. The van der Waals surface area contributed by atoms with Gasteiger partial charge in [-0.1, -0.05) is 59.4 Å². The van der Waals surface area contributed by atoms with Crippen molar-refractivity contribution in [3.05, 3.63) is 65.1 Å². The number of nitrogens with zero attached hydrogens (tertiary/aromatic N) is 2. The molecule has 1 aromatic heterocycles. The molecule has 0 amide bonds. The first-order chi connectivity index (χ1) is 10.3. The molecule has 0 atom stereocenters. The predicted molar refractivity (Wildman–Crippen MR) is 87.5 cm³/mol. The van der Waals surface area contributed by atoms with E-state index in [2.05, 4.69) is 15.5 Å². The maximum Gasteiger partial charge on any atom is 0.190 e. The topological polar surface area (TPSA) is 54.4 Å². The number of benzene rings is 2. The minimum atomic E-state index is 0.385. The van der Waals surface area contributed by atoms with Gasteiger partial charge in [0.15, 0.2) is 10.1 Å². The molecule has 3 rings (SSSR count). The first kappa shape index (κ1) is 13.5. The lowest BCUT2D eigenvalue weighted by atomic mass is 10.2. The average Bonchev–Trinajstić information content (AvgIpc) is 2.93. The lowest BCUT2D eigenvalue weighted by molar-refractivity contribution is 1.36. The third-order valence-electron chi connectivity index (χ3n) is 3.04. The third kappa shape index (κ3) is 2.98. The molecule has 1 N–H and O–H groups in total. The van der Waals surface area contributed by atoms with Crippen molar-refractivity contribution in [2.24, 2.45) is 5.18 Å². The summed E-state index contributed by atoms with van der Waals surface area (Å²) in [5, 5.41) is 7.34. The fourth-order valence-corrected chi connectivity index (χ4v) is 2.76. The minimum absolute atomic E-state index is 0.385. The van der Waals surface area contributed by atoms with Crippen molar-refractivity contribution in [2.75, 3.05) is 5.32 Å². The molecule has 0 radical (unpaired) electrons. The first-order valence-corrected chi connectivity index (χ1v) is 7.31. The number of nitroso groups, excluding NO2 is 1. The Bertz CT molecular complexity index is 751. The van der Waals surface area contributed by atoms with E-state index in [0.717, 1.165) is 11.3 Å². The van der Waals surface area contributed by atoms with Crippen molar-refractivity contribution in [2.45, 2.75) is 6.92 Å². The van der Waals surface area contributed by atoms with E-state index >= 15 is 0 Å². The molecule has 0 aliphatic heterocycles. The maximum absolute atomic E-state index is 11.0. The zero-order valence-corrected chi connectivity index (χ0v) is 12.2. The molecule has 0 unspecified atom stereocenters. The molecule has 5 heteroatoms. The van der Waals surface area contributed by atoms with Gasteiger partial charge in [0.1, 0.15) is 5.69 Å². The smallest absolute Gasteiger partial charge is 0.190 e. The number of rotatable bonds is 4. The first-order valence-electron chi connectivity index (χ1n) is 6.49. The Balaban J connectivity index is 1.92. The van der Waals surface area contributed by atoms with Crippen molar-refractivity contribution >= 4 is 27.2 Å². The van der Waals surface area contributed by atoms with Crippen LogP contribution < -0.4 is 5.32 Å². The summed E-state index contributed by atoms with van der Waals surface area (Å²) in [6.07, 6.45) is 0. The van der Waals surface area contributed by atoms with Crippen LogP contribution in [0.25, 0.3) is 11.3 Å². The van der Waals surface area contributed by atoms with Gasteiger partial charge in [0.2, 0.25) is 0 Å². The van der Waals surface area contributed by atoms with Crippen LogP contribution in [0.5, 0.6) is 0 Å². The van der Waals surface area contributed by atoms with E-state index in [1.807, 2.05) is 61.5 Å². The van der Waals surface area contributed by atoms with Crippen molar-refractivity contribution in [1.29, 1.82) is 0 Å². The second-order valence-electron chi connectivity index (χ2n) is 4.62. The molecule has 0 aliphatic carbocycles. The molecule has 104 valence electrons. The summed E-state index contributed by atoms with van der Waals surface area (Å²) in [7, 11) is 0. The Labute approximate surface area is 126 Å².